The molecule has 0 saturated carbocycles. The first kappa shape index (κ1) is 25.5. The van der Waals surface area contributed by atoms with Gasteiger partial charge in [-0.25, -0.2) is 0 Å². The lowest BCUT2D eigenvalue weighted by Crippen LogP contribution is -2.44. The summed E-state index contributed by atoms with van der Waals surface area (Å²) in [6, 6.07) is 8.46. The minimum Gasteiger partial charge on any atom is -0.381 e. The van der Waals surface area contributed by atoms with Crippen LogP contribution in [-0.2, 0) is 9.47 Å². The lowest BCUT2D eigenvalue weighted by Gasteiger charge is -2.21. The van der Waals surface area contributed by atoms with Gasteiger partial charge in [0.25, 0.3) is 0 Å². The van der Waals surface area contributed by atoms with Gasteiger partial charge in [-0.05, 0) is 56.7 Å². The molecule has 8 heteroatoms. The van der Waals surface area contributed by atoms with Crippen molar-refractivity contribution in [2.24, 2.45) is 10.9 Å². The maximum Gasteiger partial charge on any atom is 0.191 e. The predicted molar refractivity (Wildman–Crippen MR) is 136 cm³/mol. The third-order valence-electron chi connectivity index (χ3n) is 5.46. The summed E-state index contributed by atoms with van der Waals surface area (Å²) in [5.74, 6) is 1.56. The Morgan fingerprint density at radius 1 is 1.30 bits per heavy atom. The molecule has 2 aliphatic heterocycles. The molecule has 3 rings (SSSR count). The quantitative estimate of drug-likeness (QED) is 0.211. The molecule has 0 spiro atoms. The molecule has 1 atom stereocenters. The number of nitrogens with zero attached hydrogens (tertiary/aromatic N) is 2. The molecule has 0 aromatic heterocycles. The summed E-state index contributed by atoms with van der Waals surface area (Å²) in [4.78, 5) is 7.10. The Balaban J connectivity index is 0.00000320. The monoisotopic (exact) mass is 550 g/mol. The molecular weight excluding hydrogens is 515 g/mol. The average Bonchev–Trinajstić information content (AvgIpc) is 3.20. The van der Waals surface area contributed by atoms with Crippen molar-refractivity contribution < 1.29 is 9.47 Å². The van der Waals surface area contributed by atoms with Crippen LogP contribution < -0.4 is 15.5 Å². The third-order valence-corrected chi connectivity index (χ3v) is 5.69. The molecule has 0 amide bonds. The van der Waals surface area contributed by atoms with E-state index in [1.54, 1.807) is 0 Å². The number of hydrogen-bond acceptors (Lipinski definition) is 4. The number of halogens is 2. The van der Waals surface area contributed by atoms with E-state index in [4.69, 9.17) is 26.1 Å². The smallest absolute Gasteiger partial charge is 0.191 e. The molecule has 1 aromatic carbocycles. The Labute approximate surface area is 203 Å². The molecule has 2 aliphatic rings. The van der Waals surface area contributed by atoms with E-state index in [9.17, 15) is 0 Å². The van der Waals surface area contributed by atoms with Crippen molar-refractivity contribution in [3.63, 3.8) is 0 Å². The minimum atomic E-state index is 0. The fourth-order valence-electron chi connectivity index (χ4n) is 3.82. The molecule has 2 N–H and O–H groups in total. The van der Waals surface area contributed by atoms with Crippen molar-refractivity contribution in [3.8, 4) is 0 Å². The Kier molecular flexibility index (Phi) is 12.2. The van der Waals surface area contributed by atoms with Gasteiger partial charge in [-0.3, -0.25) is 4.99 Å². The number of hydrogen-bond donors (Lipinski definition) is 2. The van der Waals surface area contributed by atoms with Crippen LogP contribution in [0.3, 0.4) is 0 Å². The van der Waals surface area contributed by atoms with Gasteiger partial charge in [0.15, 0.2) is 5.96 Å². The normalized spacial score (nSPS) is 20.1. The zero-order valence-corrected chi connectivity index (χ0v) is 21.0. The number of anilines is 1. The molecule has 30 heavy (non-hydrogen) atoms. The highest BCUT2D eigenvalue weighted by Gasteiger charge is 2.23. The molecule has 0 aliphatic carbocycles. The van der Waals surface area contributed by atoms with E-state index >= 15 is 0 Å². The molecule has 1 unspecified atom stereocenters. The van der Waals surface area contributed by atoms with Crippen molar-refractivity contribution in [1.82, 2.24) is 10.6 Å². The van der Waals surface area contributed by atoms with E-state index in [2.05, 4.69) is 28.5 Å². The molecule has 0 radical (unpaired) electrons. The predicted octanol–water partition coefficient (Wildman–Crippen LogP) is 3.93. The number of guanidine groups is 1. The van der Waals surface area contributed by atoms with Crippen molar-refractivity contribution in [2.45, 2.75) is 38.6 Å². The van der Waals surface area contributed by atoms with Crippen LogP contribution in [0, 0.1) is 5.92 Å². The molecule has 2 heterocycles. The van der Waals surface area contributed by atoms with Gasteiger partial charge in [0.05, 0.1) is 0 Å². The summed E-state index contributed by atoms with van der Waals surface area (Å²) in [6.45, 7) is 9.10. The van der Waals surface area contributed by atoms with Crippen LogP contribution in [0.15, 0.2) is 29.3 Å². The standard InChI is InChI=1S/C22H35ClN4O2.HI/c1-2-24-22(25-10-4-12-29-17-18-8-13-28-14-9-18)26-20-7-11-27(16-20)21-6-3-5-19(23)15-21;/h3,5-6,15,18,20H,2,4,7-14,16-17H2,1H3,(H2,24,25,26);1H. The van der Waals surface area contributed by atoms with Gasteiger partial charge in [-0.1, -0.05) is 17.7 Å². The van der Waals surface area contributed by atoms with Crippen LogP contribution in [0.2, 0.25) is 5.02 Å². The van der Waals surface area contributed by atoms with Gasteiger partial charge in [0, 0.05) is 69.4 Å². The summed E-state index contributed by atoms with van der Waals surface area (Å²) in [7, 11) is 0. The van der Waals surface area contributed by atoms with E-state index < -0.39 is 0 Å². The fourth-order valence-corrected chi connectivity index (χ4v) is 4.00. The highest BCUT2D eigenvalue weighted by molar-refractivity contribution is 14.0. The van der Waals surface area contributed by atoms with E-state index in [1.807, 2.05) is 18.2 Å². The van der Waals surface area contributed by atoms with Crippen LogP contribution in [0.5, 0.6) is 0 Å². The first-order valence-corrected chi connectivity index (χ1v) is 11.3. The first-order chi connectivity index (χ1) is 14.2. The van der Waals surface area contributed by atoms with Crippen molar-refractivity contribution in [3.05, 3.63) is 29.3 Å². The van der Waals surface area contributed by atoms with E-state index in [0.717, 1.165) is 89.3 Å². The second-order valence-corrected chi connectivity index (χ2v) is 8.24. The lowest BCUT2D eigenvalue weighted by molar-refractivity contribution is 0.0205. The highest BCUT2D eigenvalue weighted by Crippen LogP contribution is 2.23. The number of aliphatic imine (C=N–C) groups is 1. The van der Waals surface area contributed by atoms with Crippen LogP contribution in [0.4, 0.5) is 5.69 Å². The first-order valence-electron chi connectivity index (χ1n) is 11.0. The summed E-state index contributed by atoms with van der Waals surface area (Å²) in [5, 5.41) is 7.73. The van der Waals surface area contributed by atoms with Crippen LogP contribution in [0.25, 0.3) is 0 Å². The van der Waals surface area contributed by atoms with Crippen LogP contribution >= 0.6 is 35.6 Å². The summed E-state index contributed by atoms with van der Waals surface area (Å²) < 4.78 is 11.2. The Hall–Kier alpha value is -0.770. The summed E-state index contributed by atoms with van der Waals surface area (Å²) in [5.41, 5.74) is 1.19. The van der Waals surface area contributed by atoms with E-state index in [0.29, 0.717) is 12.0 Å². The Morgan fingerprint density at radius 3 is 2.90 bits per heavy atom. The molecule has 0 bridgehead atoms. The molecule has 6 nitrogen and oxygen atoms in total. The van der Waals surface area contributed by atoms with E-state index in [-0.39, 0.29) is 24.0 Å². The van der Waals surface area contributed by atoms with Crippen molar-refractivity contribution in [1.29, 1.82) is 0 Å². The van der Waals surface area contributed by atoms with Gasteiger partial charge < -0.3 is 25.0 Å². The van der Waals surface area contributed by atoms with Crippen molar-refractivity contribution in [2.75, 3.05) is 57.5 Å². The molecule has 1 aromatic rings. The zero-order valence-electron chi connectivity index (χ0n) is 17.9. The van der Waals surface area contributed by atoms with Gasteiger partial charge in [-0.15, -0.1) is 24.0 Å². The second-order valence-electron chi connectivity index (χ2n) is 7.80. The van der Waals surface area contributed by atoms with Gasteiger partial charge in [-0.2, -0.15) is 0 Å². The maximum absolute atomic E-state index is 6.14. The third kappa shape index (κ3) is 8.77. The second kappa shape index (κ2) is 14.3. The van der Waals surface area contributed by atoms with Gasteiger partial charge in [0.2, 0.25) is 0 Å². The number of rotatable bonds is 9. The van der Waals surface area contributed by atoms with Crippen LogP contribution in [-0.4, -0.2) is 64.6 Å². The largest absolute Gasteiger partial charge is 0.381 e. The number of benzene rings is 1. The zero-order chi connectivity index (χ0) is 20.3. The maximum atomic E-state index is 6.14. The molecule has 2 saturated heterocycles. The lowest BCUT2D eigenvalue weighted by atomic mass is 10.0. The Bertz CT molecular complexity index is 643. The minimum absolute atomic E-state index is 0. The van der Waals surface area contributed by atoms with Crippen molar-refractivity contribution >= 4 is 47.2 Å². The topological polar surface area (TPSA) is 58.1 Å². The number of ether oxygens (including phenoxy) is 2. The van der Waals surface area contributed by atoms with Gasteiger partial charge >= 0.3 is 0 Å². The fraction of sp³-hybridized carbons (Fsp3) is 0.682. The highest BCUT2D eigenvalue weighted by atomic mass is 127. The summed E-state index contributed by atoms with van der Waals surface area (Å²) >= 11 is 6.14. The summed E-state index contributed by atoms with van der Waals surface area (Å²) in [6.07, 6.45) is 4.28. The molecular formula is C22H36ClIN4O2. The molecule has 170 valence electrons. The van der Waals surface area contributed by atoms with Crippen LogP contribution in [0.1, 0.15) is 32.6 Å². The SMILES string of the molecule is CCNC(=NCCCOCC1CCOCC1)NC1CCN(c2cccc(Cl)c2)C1.I. The molecule has 2 fully saturated rings. The number of nitrogens with one attached hydrogen (secondary N) is 2. The Morgan fingerprint density at radius 2 is 2.13 bits per heavy atom. The van der Waals surface area contributed by atoms with Gasteiger partial charge in [0.1, 0.15) is 0 Å². The average molecular weight is 551 g/mol. The van der Waals surface area contributed by atoms with E-state index in [1.165, 1.54) is 5.69 Å².